The van der Waals surface area contributed by atoms with Gasteiger partial charge in [0.1, 0.15) is 11.9 Å². The molecule has 0 saturated heterocycles. The van der Waals surface area contributed by atoms with E-state index in [-0.39, 0.29) is 11.9 Å². The van der Waals surface area contributed by atoms with Gasteiger partial charge in [-0.2, -0.15) is 5.26 Å². The highest BCUT2D eigenvalue weighted by Gasteiger charge is 2.20. The van der Waals surface area contributed by atoms with Crippen LogP contribution in [0.15, 0.2) is 90.3 Å². The lowest BCUT2D eigenvalue weighted by Crippen LogP contribution is -2.08. The number of aryl methyl sites for hydroxylation is 1. The van der Waals surface area contributed by atoms with Gasteiger partial charge >= 0.3 is 0 Å². The lowest BCUT2D eigenvalue weighted by Gasteiger charge is -2.23. The minimum atomic E-state index is -0.260. The Morgan fingerprint density at radius 3 is 2.58 bits per heavy atom. The van der Waals surface area contributed by atoms with Crippen molar-refractivity contribution >= 4 is 8.58 Å². The van der Waals surface area contributed by atoms with Crippen molar-refractivity contribution in [3.63, 3.8) is 0 Å². The highest BCUT2D eigenvalue weighted by Crippen LogP contribution is 2.37. The molecule has 3 aromatic rings. The SMILES string of the molecule is Cc1ccccc1-c1cc(C(OCc2ccc(F)cc2)C2=CPCC=C2)ccc1C#N. The number of allylic oxidation sites excluding steroid dienone is 1. The van der Waals surface area contributed by atoms with Crippen LogP contribution in [0.4, 0.5) is 4.39 Å². The fourth-order valence-electron chi connectivity index (χ4n) is 3.72. The molecule has 0 amide bonds. The second kappa shape index (κ2) is 9.84. The predicted molar refractivity (Wildman–Crippen MR) is 126 cm³/mol. The molecule has 0 aromatic heterocycles. The van der Waals surface area contributed by atoms with E-state index in [0.29, 0.717) is 12.2 Å². The van der Waals surface area contributed by atoms with E-state index >= 15 is 0 Å². The number of nitrogens with zero attached hydrogens (tertiary/aromatic N) is 1. The first-order valence-corrected chi connectivity index (χ1v) is 11.5. The van der Waals surface area contributed by atoms with Crippen molar-refractivity contribution in [2.75, 3.05) is 6.16 Å². The number of hydrogen-bond donors (Lipinski definition) is 0. The molecule has 0 N–H and O–H groups in total. The van der Waals surface area contributed by atoms with Gasteiger partial charge in [0, 0.05) is 5.56 Å². The van der Waals surface area contributed by atoms with Gasteiger partial charge in [0.25, 0.3) is 0 Å². The van der Waals surface area contributed by atoms with E-state index in [4.69, 9.17) is 4.74 Å². The number of rotatable bonds is 6. The van der Waals surface area contributed by atoms with Gasteiger partial charge in [-0.05, 0) is 65.2 Å². The number of ether oxygens (including phenoxy) is 1. The summed E-state index contributed by atoms with van der Waals surface area (Å²) in [7, 11) is 0.724. The minimum absolute atomic E-state index is 0.255. The molecule has 3 aromatic carbocycles. The monoisotopic (exact) mass is 427 g/mol. The van der Waals surface area contributed by atoms with E-state index in [9.17, 15) is 9.65 Å². The maximum Gasteiger partial charge on any atom is 0.123 e. The van der Waals surface area contributed by atoms with E-state index in [0.717, 1.165) is 48.1 Å². The number of nitriles is 1. The first-order chi connectivity index (χ1) is 15.2. The summed E-state index contributed by atoms with van der Waals surface area (Å²) >= 11 is 0. The fraction of sp³-hybridized carbons (Fsp3) is 0.148. The standard InChI is InChI=1S/C27H23FNOP/c1-19-5-2-3-7-25(19)26-15-21(10-11-22(26)16-29)27(23-6-4-14-31-18-23)30-17-20-8-12-24(28)13-9-20/h2-13,15,18,27,31H,14,17H2,1H3. The zero-order chi connectivity index (χ0) is 21.6. The molecule has 2 nitrogen and oxygen atoms in total. The van der Waals surface area contributed by atoms with E-state index in [1.165, 1.54) is 12.1 Å². The largest absolute Gasteiger partial charge is 0.364 e. The molecular weight excluding hydrogens is 404 g/mol. The molecule has 4 rings (SSSR count). The topological polar surface area (TPSA) is 33.0 Å². The van der Waals surface area contributed by atoms with Crippen molar-refractivity contribution in [1.82, 2.24) is 0 Å². The van der Waals surface area contributed by atoms with Crippen LogP contribution in [0.25, 0.3) is 11.1 Å². The summed E-state index contributed by atoms with van der Waals surface area (Å²) in [6.07, 6.45) is 5.09. The third-order valence-electron chi connectivity index (χ3n) is 5.35. The van der Waals surface area contributed by atoms with E-state index in [1.54, 1.807) is 12.1 Å². The third-order valence-corrected chi connectivity index (χ3v) is 6.36. The van der Waals surface area contributed by atoms with Gasteiger partial charge in [0.2, 0.25) is 0 Å². The molecule has 1 aliphatic heterocycles. The normalized spacial score (nSPS) is 14.8. The van der Waals surface area contributed by atoms with Gasteiger partial charge < -0.3 is 4.74 Å². The maximum absolute atomic E-state index is 13.3. The summed E-state index contributed by atoms with van der Waals surface area (Å²) in [5.74, 6) is 1.98. The molecule has 2 atom stereocenters. The lowest BCUT2D eigenvalue weighted by molar-refractivity contribution is 0.0664. The van der Waals surface area contributed by atoms with Crippen LogP contribution in [0.1, 0.15) is 28.4 Å². The van der Waals surface area contributed by atoms with Gasteiger partial charge in [-0.3, -0.25) is 0 Å². The van der Waals surface area contributed by atoms with Crippen molar-refractivity contribution < 1.29 is 9.13 Å². The fourth-order valence-corrected chi connectivity index (χ4v) is 4.57. The van der Waals surface area contributed by atoms with Crippen LogP contribution in [0.2, 0.25) is 0 Å². The van der Waals surface area contributed by atoms with Gasteiger partial charge in [-0.1, -0.05) is 69.0 Å². The Hall–Kier alpha value is -3.05. The molecule has 0 spiro atoms. The van der Waals surface area contributed by atoms with Crippen molar-refractivity contribution in [3.8, 4) is 17.2 Å². The second-order valence-electron chi connectivity index (χ2n) is 7.50. The second-order valence-corrected chi connectivity index (χ2v) is 8.61. The van der Waals surface area contributed by atoms with Gasteiger partial charge in [0.15, 0.2) is 0 Å². The number of halogens is 1. The number of benzene rings is 3. The molecule has 0 aliphatic carbocycles. The molecule has 1 heterocycles. The van der Waals surface area contributed by atoms with Crippen LogP contribution in [0, 0.1) is 24.1 Å². The minimum Gasteiger partial charge on any atom is -0.364 e. The Bertz CT molecular complexity index is 1170. The summed E-state index contributed by atoms with van der Waals surface area (Å²) in [6, 6.07) is 22.7. The Labute approximate surface area is 184 Å². The van der Waals surface area contributed by atoms with Crippen LogP contribution in [-0.4, -0.2) is 6.16 Å². The zero-order valence-electron chi connectivity index (χ0n) is 17.3. The summed E-state index contributed by atoms with van der Waals surface area (Å²) in [4.78, 5) is 0. The molecular formula is C27H23FNOP. The molecule has 4 heteroatoms. The van der Waals surface area contributed by atoms with Gasteiger partial charge in [-0.25, -0.2) is 4.39 Å². The molecule has 0 fully saturated rings. The van der Waals surface area contributed by atoms with Crippen LogP contribution in [0.5, 0.6) is 0 Å². The summed E-state index contributed by atoms with van der Waals surface area (Å²) in [5, 5.41) is 9.69. The van der Waals surface area contributed by atoms with E-state index < -0.39 is 0 Å². The van der Waals surface area contributed by atoms with E-state index in [2.05, 4.69) is 43.1 Å². The molecule has 0 saturated carbocycles. The third kappa shape index (κ3) is 5.00. The Kier molecular flexibility index (Phi) is 6.73. The highest BCUT2D eigenvalue weighted by molar-refractivity contribution is 7.42. The zero-order valence-corrected chi connectivity index (χ0v) is 18.3. The Morgan fingerprint density at radius 2 is 1.87 bits per heavy atom. The van der Waals surface area contributed by atoms with Crippen LogP contribution < -0.4 is 0 Å². The van der Waals surface area contributed by atoms with Gasteiger partial charge in [0.05, 0.1) is 18.2 Å². The summed E-state index contributed by atoms with van der Waals surface area (Å²) in [6.45, 7) is 2.43. The average molecular weight is 427 g/mol. The van der Waals surface area contributed by atoms with Crippen molar-refractivity contribution in [2.24, 2.45) is 0 Å². The maximum atomic E-state index is 13.3. The van der Waals surface area contributed by atoms with E-state index in [1.807, 2.05) is 30.3 Å². The predicted octanol–water partition coefficient (Wildman–Crippen LogP) is 7.06. The molecule has 0 bridgehead atoms. The molecule has 0 radical (unpaired) electrons. The van der Waals surface area contributed by atoms with Crippen molar-refractivity contribution in [3.05, 3.63) is 118 Å². The average Bonchev–Trinajstić information content (AvgIpc) is 2.81. The van der Waals surface area contributed by atoms with Crippen LogP contribution >= 0.6 is 8.58 Å². The Morgan fingerprint density at radius 1 is 1.06 bits per heavy atom. The number of hydrogen-bond acceptors (Lipinski definition) is 2. The van der Waals surface area contributed by atoms with Crippen molar-refractivity contribution in [1.29, 1.82) is 5.26 Å². The lowest BCUT2D eigenvalue weighted by atomic mass is 9.92. The quantitative estimate of drug-likeness (QED) is 0.395. The first kappa shape index (κ1) is 21.2. The van der Waals surface area contributed by atoms with Crippen LogP contribution in [0.3, 0.4) is 0 Å². The Balaban J connectivity index is 1.72. The highest BCUT2D eigenvalue weighted by atomic mass is 31.1. The smallest absolute Gasteiger partial charge is 0.123 e. The summed E-state index contributed by atoms with van der Waals surface area (Å²) in [5.41, 5.74) is 6.77. The molecule has 1 aliphatic rings. The summed E-state index contributed by atoms with van der Waals surface area (Å²) < 4.78 is 19.6. The molecule has 31 heavy (non-hydrogen) atoms. The van der Waals surface area contributed by atoms with Gasteiger partial charge in [-0.15, -0.1) is 0 Å². The first-order valence-electron chi connectivity index (χ1n) is 10.2. The molecule has 2 unspecified atom stereocenters. The van der Waals surface area contributed by atoms with Crippen molar-refractivity contribution in [2.45, 2.75) is 19.6 Å². The molecule has 154 valence electrons. The van der Waals surface area contributed by atoms with Crippen LogP contribution in [-0.2, 0) is 11.3 Å².